The van der Waals surface area contributed by atoms with Crippen molar-refractivity contribution in [3.8, 4) is 0 Å². The van der Waals surface area contributed by atoms with Gasteiger partial charge in [-0.05, 0) is 68.2 Å². The average molecular weight is 364 g/mol. The van der Waals surface area contributed by atoms with E-state index in [4.69, 9.17) is 0 Å². The maximum atomic E-state index is 13.4. The van der Waals surface area contributed by atoms with Crippen LogP contribution in [-0.4, -0.2) is 61.5 Å². The molecular weight excluding hydrogens is 334 g/mol. The SMILES string of the molecule is CN1CCN(C(=O)c2ccc3c(c2)CCNCC3)C(Cc2ccccc2)C1. The second kappa shape index (κ2) is 8.24. The van der Waals surface area contributed by atoms with Gasteiger partial charge in [0.2, 0.25) is 0 Å². The first-order valence-electron chi connectivity index (χ1n) is 10.1. The lowest BCUT2D eigenvalue weighted by molar-refractivity contribution is 0.0501. The molecule has 1 N–H and O–H groups in total. The Bertz CT molecular complexity index is 789. The van der Waals surface area contributed by atoms with Crippen molar-refractivity contribution >= 4 is 5.91 Å². The summed E-state index contributed by atoms with van der Waals surface area (Å²) in [5.74, 6) is 0.184. The van der Waals surface area contributed by atoms with Gasteiger partial charge < -0.3 is 15.1 Å². The average Bonchev–Trinajstić information content (AvgIpc) is 2.93. The number of nitrogens with zero attached hydrogens (tertiary/aromatic N) is 2. The van der Waals surface area contributed by atoms with Crippen molar-refractivity contribution in [3.63, 3.8) is 0 Å². The van der Waals surface area contributed by atoms with Crippen LogP contribution in [0.3, 0.4) is 0 Å². The molecule has 1 fully saturated rings. The molecule has 0 aromatic heterocycles. The molecule has 2 aromatic rings. The van der Waals surface area contributed by atoms with E-state index < -0.39 is 0 Å². The molecular formula is C23H29N3O. The first-order valence-corrected chi connectivity index (χ1v) is 10.1. The number of nitrogens with one attached hydrogen (secondary N) is 1. The minimum Gasteiger partial charge on any atom is -0.333 e. The lowest BCUT2D eigenvalue weighted by Gasteiger charge is -2.40. The molecule has 2 aromatic carbocycles. The minimum atomic E-state index is 0.184. The van der Waals surface area contributed by atoms with Crippen molar-refractivity contribution in [3.05, 3.63) is 70.8 Å². The van der Waals surface area contributed by atoms with Crippen LogP contribution in [0.1, 0.15) is 27.0 Å². The number of piperazine rings is 1. The standard InChI is InChI=1S/C23H29N3O/c1-25-13-14-26(22(17-25)15-18-5-3-2-4-6-18)23(27)21-8-7-19-9-11-24-12-10-20(19)16-21/h2-8,16,22,24H,9-15,17H2,1H3. The summed E-state index contributed by atoms with van der Waals surface area (Å²) in [6.07, 6.45) is 2.97. The van der Waals surface area contributed by atoms with Gasteiger partial charge in [-0.25, -0.2) is 0 Å². The van der Waals surface area contributed by atoms with Gasteiger partial charge in [0.1, 0.15) is 0 Å². The summed E-state index contributed by atoms with van der Waals surface area (Å²) in [4.78, 5) is 17.8. The Hall–Kier alpha value is -2.17. The molecule has 1 unspecified atom stereocenters. The molecule has 1 amide bonds. The Morgan fingerprint density at radius 3 is 2.63 bits per heavy atom. The summed E-state index contributed by atoms with van der Waals surface area (Å²) in [5.41, 5.74) is 4.86. The number of carbonyl (C=O) groups excluding carboxylic acids is 1. The predicted molar refractivity (Wildman–Crippen MR) is 109 cm³/mol. The van der Waals surface area contributed by atoms with E-state index in [1.807, 2.05) is 12.1 Å². The fourth-order valence-corrected chi connectivity index (χ4v) is 4.31. The molecule has 27 heavy (non-hydrogen) atoms. The normalized spacial score (nSPS) is 20.8. The number of benzene rings is 2. The molecule has 1 saturated heterocycles. The van der Waals surface area contributed by atoms with Crippen molar-refractivity contribution in [2.75, 3.05) is 39.8 Å². The van der Waals surface area contributed by atoms with Crippen molar-refractivity contribution < 1.29 is 4.79 Å². The maximum absolute atomic E-state index is 13.4. The van der Waals surface area contributed by atoms with Crippen LogP contribution in [0.2, 0.25) is 0 Å². The van der Waals surface area contributed by atoms with E-state index in [2.05, 4.69) is 58.6 Å². The Morgan fingerprint density at radius 1 is 1.04 bits per heavy atom. The topological polar surface area (TPSA) is 35.6 Å². The lowest BCUT2D eigenvalue weighted by atomic mass is 9.97. The summed E-state index contributed by atoms with van der Waals surface area (Å²) in [6.45, 7) is 4.68. The van der Waals surface area contributed by atoms with Gasteiger partial charge in [-0.15, -0.1) is 0 Å². The molecule has 0 bridgehead atoms. The number of hydrogen-bond donors (Lipinski definition) is 1. The molecule has 0 saturated carbocycles. The highest BCUT2D eigenvalue weighted by atomic mass is 16.2. The molecule has 0 aliphatic carbocycles. The van der Waals surface area contributed by atoms with Crippen LogP contribution in [0.25, 0.3) is 0 Å². The number of likely N-dealkylation sites (N-methyl/N-ethyl adjacent to an activating group) is 1. The van der Waals surface area contributed by atoms with E-state index >= 15 is 0 Å². The van der Waals surface area contributed by atoms with Crippen LogP contribution in [0.4, 0.5) is 0 Å². The molecule has 1 atom stereocenters. The lowest BCUT2D eigenvalue weighted by Crippen LogP contribution is -2.54. The molecule has 0 spiro atoms. The van der Waals surface area contributed by atoms with Crippen LogP contribution in [0.15, 0.2) is 48.5 Å². The van der Waals surface area contributed by atoms with Gasteiger partial charge >= 0.3 is 0 Å². The quantitative estimate of drug-likeness (QED) is 0.909. The molecule has 2 aliphatic rings. The van der Waals surface area contributed by atoms with Crippen molar-refractivity contribution in [2.24, 2.45) is 0 Å². The summed E-state index contributed by atoms with van der Waals surface area (Å²) in [5, 5.41) is 3.44. The first kappa shape index (κ1) is 18.2. The third-order valence-corrected chi connectivity index (χ3v) is 5.86. The van der Waals surface area contributed by atoms with E-state index in [1.165, 1.54) is 16.7 Å². The van der Waals surface area contributed by atoms with Crippen LogP contribution in [-0.2, 0) is 19.3 Å². The predicted octanol–water partition coefficient (Wildman–Crippen LogP) is 2.37. The molecule has 0 radical (unpaired) electrons. The Balaban J connectivity index is 1.56. The Labute approximate surface area is 162 Å². The molecule has 142 valence electrons. The number of fused-ring (bicyclic) bond motifs is 1. The molecule has 4 nitrogen and oxygen atoms in total. The summed E-state index contributed by atoms with van der Waals surface area (Å²) >= 11 is 0. The van der Waals surface area contributed by atoms with Gasteiger partial charge in [0.25, 0.3) is 5.91 Å². The highest BCUT2D eigenvalue weighted by Crippen LogP contribution is 2.21. The molecule has 2 heterocycles. The van der Waals surface area contributed by atoms with Crippen LogP contribution in [0, 0.1) is 0 Å². The Kier molecular flexibility index (Phi) is 5.55. The molecule has 2 aliphatic heterocycles. The summed E-state index contributed by atoms with van der Waals surface area (Å²) < 4.78 is 0. The zero-order chi connectivity index (χ0) is 18.6. The van der Waals surface area contributed by atoms with Crippen molar-refractivity contribution in [2.45, 2.75) is 25.3 Å². The second-order valence-electron chi connectivity index (χ2n) is 7.84. The maximum Gasteiger partial charge on any atom is 0.254 e. The number of rotatable bonds is 3. The third-order valence-electron chi connectivity index (χ3n) is 5.86. The summed E-state index contributed by atoms with van der Waals surface area (Å²) in [6, 6.07) is 17.1. The number of carbonyl (C=O) groups is 1. The van der Waals surface area contributed by atoms with Gasteiger partial charge in [-0.2, -0.15) is 0 Å². The van der Waals surface area contributed by atoms with Gasteiger partial charge in [-0.3, -0.25) is 4.79 Å². The van der Waals surface area contributed by atoms with Crippen molar-refractivity contribution in [1.29, 1.82) is 0 Å². The van der Waals surface area contributed by atoms with Gasteiger partial charge in [-0.1, -0.05) is 36.4 Å². The number of hydrogen-bond acceptors (Lipinski definition) is 3. The first-order chi connectivity index (χ1) is 13.2. The van der Waals surface area contributed by atoms with E-state index in [-0.39, 0.29) is 11.9 Å². The van der Waals surface area contributed by atoms with E-state index in [1.54, 1.807) is 0 Å². The largest absolute Gasteiger partial charge is 0.333 e. The highest BCUT2D eigenvalue weighted by Gasteiger charge is 2.30. The van der Waals surface area contributed by atoms with Gasteiger partial charge in [0.15, 0.2) is 0 Å². The van der Waals surface area contributed by atoms with E-state index in [9.17, 15) is 4.79 Å². The smallest absolute Gasteiger partial charge is 0.254 e. The van der Waals surface area contributed by atoms with Gasteiger partial charge in [0.05, 0.1) is 0 Å². The van der Waals surface area contributed by atoms with Crippen LogP contribution in [0.5, 0.6) is 0 Å². The highest BCUT2D eigenvalue weighted by molar-refractivity contribution is 5.95. The van der Waals surface area contributed by atoms with Crippen LogP contribution >= 0.6 is 0 Å². The zero-order valence-corrected chi connectivity index (χ0v) is 16.2. The Morgan fingerprint density at radius 2 is 1.81 bits per heavy atom. The van der Waals surface area contributed by atoms with Crippen LogP contribution < -0.4 is 5.32 Å². The van der Waals surface area contributed by atoms with E-state index in [0.717, 1.165) is 57.5 Å². The van der Waals surface area contributed by atoms with Crippen molar-refractivity contribution in [1.82, 2.24) is 15.1 Å². The monoisotopic (exact) mass is 363 g/mol. The number of amides is 1. The van der Waals surface area contributed by atoms with E-state index in [0.29, 0.717) is 0 Å². The zero-order valence-electron chi connectivity index (χ0n) is 16.2. The fourth-order valence-electron chi connectivity index (χ4n) is 4.31. The molecule has 4 rings (SSSR count). The van der Waals surface area contributed by atoms with Gasteiger partial charge in [0, 0.05) is 31.2 Å². The molecule has 4 heteroatoms. The second-order valence-corrected chi connectivity index (χ2v) is 7.84. The fraction of sp³-hybridized carbons (Fsp3) is 0.435. The third kappa shape index (κ3) is 4.23. The minimum absolute atomic E-state index is 0.184. The summed E-state index contributed by atoms with van der Waals surface area (Å²) in [7, 11) is 2.15.